The molecule has 2 amide bonds. The standard InChI is InChI=1S/C22H26FN3O4/c1-4-26(5-2)22(28)15-30-19-10-6-17(7-11-19)16(3)24-25-21(27)14-29-20-12-8-18(23)9-13-20/h6-13H,4-5,14-15H2,1-3H3,(H,25,27)/b24-16-. The fraction of sp³-hybridized carbons (Fsp3) is 0.318. The van der Waals surface area contributed by atoms with Crippen LogP contribution >= 0.6 is 0 Å². The second-order valence-corrected chi connectivity index (χ2v) is 6.35. The van der Waals surface area contributed by atoms with Gasteiger partial charge in [0.25, 0.3) is 11.8 Å². The molecule has 0 heterocycles. The number of nitrogens with one attached hydrogen (secondary N) is 1. The Balaban J connectivity index is 1.81. The first-order valence-corrected chi connectivity index (χ1v) is 9.65. The fourth-order valence-corrected chi connectivity index (χ4v) is 2.53. The van der Waals surface area contributed by atoms with Crippen LogP contribution < -0.4 is 14.9 Å². The van der Waals surface area contributed by atoms with E-state index in [1.807, 2.05) is 13.8 Å². The average Bonchev–Trinajstić information content (AvgIpc) is 2.76. The normalized spacial score (nSPS) is 11.0. The molecule has 0 atom stereocenters. The third kappa shape index (κ3) is 7.20. The molecule has 0 aliphatic heterocycles. The molecule has 0 saturated heterocycles. The van der Waals surface area contributed by atoms with E-state index in [4.69, 9.17) is 9.47 Å². The number of rotatable bonds is 10. The lowest BCUT2D eigenvalue weighted by Crippen LogP contribution is -2.34. The Hall–Kier alpha value is -3.42. The second kappa shape index (κ2) is 11.5. The van der Waals surface area contributed by atoms with E-state index in [2.05, 4.69) is 10.5 Å². The summed E-state index contributed by atoms with van der Waals surface area (Å²) >= 11 is 0. The number of halogens is 1. The van der Waals surface area contributed by atoms with Crippen LogP contribution in [0.15, 0.2) is 53.6 Å². The molecule has 0 radical (unpaired) electrons. The van der Waals surface area contributed by atoms with Crippen molar-refractivity contribution in [2.75, 3.05) is 26.3 Å². The third-order valence-corrected chi connectivity index (χ3v) is 4.28. The van der Waals surface area contributed by atoms with E-state index in [1.54, 1.807) is 36.1 Å². The Morgan fingerprint density at radius 3 is 2.03 bits per heavy atom. The van der Waals surface area contributed by atoms with Gasteiger partial charge in [-0.1, -0.05) is 0 Å². The van der Waals surface area contributed by atoms with E-state index < -0.39 is 5.91 Å². The number of hydrazone groups is 1. The molecule has 0 bridgehead atoms. The Labute approximate surface area is 175 Å². The highest BCUT2D eigenvalue weighted by Crippen LogP contribution is 2.13. The van der Waals surface area contributed by atoms with Gasteiger partial charge in [-0.15, -0.1) is 0 Å². The van der Waals surface area contributed by atoms with Crippen LogP contribution in [-0.4, -0.2) is 48.7 Å². The number of hydrogen-bond acceptors (Lipinski definition) is 5. The van der Waals surface area contributed by atoms with E-state index >= 15 is 0 Å². The minimum atomic E-state index is -0.437. The van der Waals surface area contributed by atoms with Crippen LogP contribution in [0.5, 0.6) is 11.5 Å². The molecule has 160 valence electrons. The summed E-state index contributed by atoms with van der Waals surface area (Å²) in [7, 11) is 0. The molecule has 30 heavy (non-hydrogen) atoms. The van der Waals surface area contributed by atoms with Crippen molar-refractivity contribution in [3.63, 3.8) is 0 Å². The van der Waals surface area contributed by atoms with Crippen LogP contribution in [0.4, 0.5) is 4.39 Å². The van der Waals surface area contributed by atoms with Crippen LogP contribution in [0.1, 0.15) is 26.3 Å². The lowest BCUT2D eigenvalue weighted by molar-refractivity contribution is -0.133. The van der Waals surface area contributed by atoms with Crippen molar-refractivity contribution in [3.8, 4) is 11.5 Å². The predicted molar refractivity (Wildman–Crippen MR) is 112 cm³/mol. The van der Waals surface area contributed by atoms with Crippen LogP contribution in [0, 0.1) is 5.82 Å². The van der Waals surface area contributed by atoms with Gasteiger partial charge >= 0.3 is 0 Å². The topological polar surface area (TPSA) is 80.2 Å². The van der Waals surface area contributed by atoms with Crippen molar-refractivity contribution in [2.45, 2.75) is 20.8 Å². The molecule has 0 unspecified atom stereocenters. The maximum absolute atomic E-state index is 12.8. The number of likely N-dealkylation sites (N-methyl/N-ethyl adjacent to an activating group) is 1. The molecule has 0 fully saturated rings. The van der Waals surface area contributed by atoms with Gasteiger partial charge in [-0.3, -0.25) is 9.59 Å². The minimum absolute atomic E-state index is 0.0157. The van der Waals surface area contributed by atoms with Gasteiger partial charge in [0, 0.05) is 13.1 Å². The molecule has 0 saturated carbocycles. The van der Waals surface area contributed by atoms with Crippen molar-refractivity contribution in [1.29, 1.82) is 0 Å². The zero-order valence-corrected chi connectivity index (χ0v) is 17.4. The number of ether oxygens (including phenoxy) is 2. The Morgan fingerprint density at radius 2 is 1.47 bits per heavy atom. The highest BCUT2D eigenvalue weighted by atomic mass is 19.1. The molecule has 0 spiro atoms. The zero-order valence-electron chi connectivity index (χ0n) is 17.4. The number of amides is 2. The number of nitrogens with zero attached hydrogens (tertiary/aromatic N) is 2. The summed E-state index contributed by atoms with van der Waals surface area (Å²) < 4.78 is 23.6. The van der Waals surface area contributed by atoms with E-state index in [-0.39, 0.29) is 24.9 Å². The van der Waals surface area contributed by atoms with Gasteiger partial charge in [0.2, 0.25) is 0 Å². The first-order valence-electron chi connectivity index (χ1n) is 9.65. The average molecular weight is 415 g/mol. The van der Waals surface area contributed by atoms with Gasteiger partial charge < -0.3 is 14.4 Å². The predicted octanol–water partition coefficient (Wildman–Crippen LogP) is 2.99. The van der Waals surface area contributed by atoms with Crippen molar-refractivity contribution in [1.82, 2.24) is 10.3 Å². The van der Waals surface area contributed by atoms with Crippen molar-refractivity contribution in [3.05, 3.63) is 59.9 Å². The Morgan fingerprint density at radius 1 is 0.933 bits per heavy atom. The first kappa shape index (κ1) is 22.9. The smallest absolute Gasteiger partial charge is 0.277 e. The number of benzene rings is 2. The zero-order chi connectivity index (χ0) is 21.9. The molecule has 2 aromatic rings. The van der Waals surface area contributed by atoms with Gasteiger partial charge in [-0.05, 0) is 74.9 Å². The van der Waals surface area contributed by atoms with Crippen molar-refractivity contribution in [2.24, 2.45) is 5.10 Å². The number of carbonyl (C=O) groups is 2. The summed E-state index contributed by atoms with van der Waals surface area (Å²) in [4.78, 5) is 25.5. The summed E-state index contributed by atoms with van der Waals surface area (Å²) in [6, 6.07) is 12.4. The fourth-order valence-electron chi connectivity index (χ4n) is 2.53. The summed E-state index contributed by atoms with van der Waals surface area (Å²) in [6.45, 7) is 6.63. The number of hydrogen-bond donors (Lipinski definition) is 1. The van der Waals surface area contributed by atoms with E-state index in [0.717, 1.165) is 5.56 Å². The number of carbonyl (C=O) groups excluding carboxylic acids is 2. The van der Waals surface area contributed by atoms with Crippen molar-refractivity contribution < 1.29 is 23.5 Å². The SMILES string of the molecule is CCN(CC)C(=O)COc1ccc(/C(C)=N\NC(=O)COc2ccc(F)cc2)cc1. The van der Waals surface area contributed by atoms with Gasteiger partial charge in [0.1, 0.15) is 17.3 Å². The Kier molecular flexibility index (Phi) is 8.80. The van der Waals surface area contributed by atoms with Crippen LogP contribution in [-0.2, 0) is 9.59 Å². The summed E-state index contributed by atoms with van der Waals surface area (Å²) in [5.41, 5.74) is 3.79. The Bertz CT molecular complexity index is 863. The third-order valence-electron chi connectivity index (χ3n) is 4.28. The molecule has 0 aromatic heterocycles. The quantitative estimate of drug-likeness (QED) is 0.478. The van der Waals surface area contributed by atoms with E-state index in [9.17, 15) is 14.0 Å². The lowest BCUT2D eigenvalue weighted by atomic mass is 10.1. The molecule has 1 N–H and O–H groups in total. The molecule has 8 heteroatoms. The van der Waals surface area contributed by atoms with E-state index in [1.165, 1.54) is 24.3 Å². The monoisotopic (exact) mass is 415 g/mol. The second-order valence-electron chi connectivity index (χ2n) is 6.35. The van der Waals surface area contributed by atoms with Crippen LogP contribution in [0.2, 0.25) is 0 Å². The van der Waals surface area contributed by atoms with Gasteiger partial charge in [-0.2, -0.15) is 5.10 Å². The molecule has 2 rings (SSSR count). The van der Waals surface area contributed by atoms with Gasteiger partial charge in [-0.25, -0.2) is 9.82 Å². The summed E-state index contributed by atoms with van der Waals surface area (Å²) in [5, 5.41) is 4.05. The molecule has 0 aliphatic rings. The lowest BCUT2D eigenvalue weighted by Gasteiger charge is -2.18. The maximum atomic E-state index is 12.8. The first-order chi connectivity index (χ1) is 14.4. The maximum Gasteiger partial charge on any atom is 0.277 e. The summed E-state index contributed by atoms with van der Waals surface area (Å²) in [5.74, 6) is 0.0889. The highest BCUT2D eigenvalue weighted by molar-refractivity contribution is 5.99. The highest BCUT2D eigenvalue weighted by Gasteiger charge is 2.10. The molecule has 0 aliphatic carbocycles. The largest absolute Gasteiger partial charge is 0.484 e. The van der Waals surface area contributed by atoms with E-state index in [0.29, 0.717) is 30.3 Å². The minimum Gasteiger partial charge on any atom is -0.484 e. The van der Waals surface area contributed by atoms with Gasteiger partial charge in [0.15, 0.2) is 13.2 Å². The molecular weight excluding hydrogens is 389 g/mol. The summed E-state index contributed by atoms with van der Waals surface area (Å²) in [6.07, 6.45) is 0. The molecule has 2 aromatic carbocycles. The van der Waals surface area contributed by atoms with Crippen LogP contribution in [0.25, 0.3) is 0 Å². The van der Waals surface area contributed by atoms with Crippen molar-refractivity contribution >= 4 is 17.5 Å². The molecular formula is C22H26FN3O4. The molecule has 7 nitrogen and oxygen atoms in total. The van der Waals surface area contributed by atoms with Gasteiger partial charge in [0.05, 0.1) is 5.71 Å². The van der Waals surface area contributed by atoms with Crippen LogP contribution in [0.3, 0.4) is 0 Å².